The normalized spacial score (nSPS) is 17.7. The number of aryl methyl sites for hydroxylation is 3. The van der Waals surface area contributed by atoms with Gasteiger partial charge in [-0.2, -0.15) is 0 Å². The van der Waals surface area contributed by atoms with Gasteiger partial charge in [-0.1, -0.05) is 29.8 Å². The zero-order chi connectivity index (χ0) is 15.0. The van der Waals surface area contributed by atoms with Gasteiger partial charge in [0, 0.05) is 17.0 Å². The Morgan fingerprint density at radius 3 is 2.33 bits per heavy atom. The Hall–Kier alpha value is -1.19. The van der Waals surface area contributed by atoms with Gasteiger partial charge in [0.1, 0.15) is 0 Å². The summed E-state index contributed by atoms with van der Waals surface area (Å²) in [5, 5.41) is 5.02. The van der Waals surface area contributed by atoms with Crippen LogP contribution in [0.3, 0.4) is 0 Å². The van der Waals surface area contributed by atoms with E-state index in [0.717, 1.165) is 10.9 Å². The van der Waals surface area contributed by atoms with Crippen LogP contribution in [0.1, 0.15) is 58.6 Å². The molecule has 3 heteroatoms. The second kappa shape index (κ2) is 5.90. The molecule has 1 fully saturated rings. The first-order valence-corrected chi connectivity index (χ1v) is 8.63. The molecule has 2 nitrogen and oxygen atoms in total. The SMILES string of the molecule is Cc1ccc(C(NC(C)c2sc(C)nc2C)C2CC2)cc1. The van der Waals surface area contributed by atoms with E-state index in [2.05, 4.69) is 62.3 Å². The molecule has 0 amide bonds. The van der Waals surface area contributed by atoms with Crippen molar-refractivity contribution in [2.24, 2.45) is 5.92 Å². The van der Waals surface area contributed by atoms with E-state index in [9.17, 15) is 0 Å². The van der Waals surface area contributed by atoms with Crippen molar-refractivity contribution in [3.8, 4) is 0 Å². The average molecular weight is 300 g/mol. The lowest BCUT2D eigenvalue weighted by molar-refractivity contribution is 0.430. The molecule has 0 aliphatic heterocycles. The van der Waals surface area contributed by atoms with Crippen LogP contribution >= 0.6 is 11.3 Å². The molecule has 3 rings (SSSR count). The Bertz CT molecular complexity index is 611. The van der Waals surface area contributed by atoms with Crippen LogP contribution in [0.4, 0.5) is 0 Å². The maximum absolute atomic E-state index is 4.56. The zero-order valence-corrected chi connectivity index (χ0v) is 14.1. The third-order valence-corrected chi connectivity index (χ3v) is 5.55. The Kier molecular flexibility index (Phi) is 4.14. The number of thiazole rings is 1. The van der Waals surface area contributed by atoms with Gasteiger partial charge < -0.3 is 5.32 Å². The van der Waals surface area contributed by atoms with Crippen molar-refractivity contribution >= 4 is 11.3 Å². The predicted molar refractivity (Wildman–Crippen MR) is 89.8 cm³/mol. The van der Waals surface area contributed by atoms with Crippen LogP contribution < -0.4 is 5.32 Å². The van der Waals surface area contributed by atoms with Gasteiger partial charge in [0.15, 0.2) is 0 Å². The molecule has 1 N–H and O–H groups in total. The molecule has 0 saturated heterocycles. The fourth-order valence-electron chi connectivity index (χ4n) is 3.00. The molecule has 2 atom stereocenters. The lowest BCUT2D eigenvalue weighted by atomic mass is 10.00. The van der Waals surface area contributed by atoms with Gasteiger partial charge in [-0.15, -0.1) is 11.3 Å². The van der Waals surface area contributed by atoms with Gasteiger partial charge in [-0.05, 0) is 52.0 Å². The molecule has 0 radical (unpaired) electrons. The smallest absolute Gasteiger partial charge is 0.0900 e. The highest BCUT2D eigenvalue weighted by molar-refractivity contribution is 7.11. The lowest BCUT2D eigenvalue weighted by Crippen LogP contribution is -2.26. The Balaban J connectivity index is 1.79. The molecule has 1 aliphatic carbocycles. The van der Waals surface area contributed by atoms with Crippen molar-refractivity contribution in [1.29, 1.82) is 0 Å². The van der Waals surface area contributed by atoms with E-state index in [1.54, 1.807) is 0 Å². The monoisotopic (exact) mass is 300 g/mol. The van der Waals surface area contributed by atoms with E-state index in [0.29, 0.717) is 12.1 Å². The molecule has 112 valence electrons. The van der Waals surface area contributed by atoms with Crippen molar-refractivity contribution in [3.63, 3.8) is 0 Å². The number of nitrogens with zero attached hydrogens (tertiary/aromatic N) is 1. The fraction of sp³-hybridized carbons (Fsp3) is 0.500. The summed E-state index contributed by atoms with van der Waals surface area (Å²) in [4.78, 5) is 5.94. The molecule has 0 bridgehead atoms. The van der Waals surface area contributed by atoms with Gasteiger partial charge in [0.05, 0.1) is 10.7 Å². The van der Waals surface area contributed by atoms with Crippen LogP contribution in [0.5, 0.6) is 0 Å². The summed E-state index contributed by atoms with van der Waals surface area (Å²) in [5.74, 6) is 0.796. The van der Waals surface area contributed by atoms with Gasteiger partial charge in [0.25, 0.3) is 0 Å². The molecular weight excluding hydrogens is 276 g/mol. The van der Waals surface area contributed by atoms with E-state index in [4.69, 9.17) is 0 Å². The molecule has 21 heavy (non-hydrogen) atoms. The number of rotatable bonds is 5. The first-order chi connectivity index (χ1) is 10.0. The minimum Gasteiger partial charge on any atom is -0.302 e. The second-order valence-corrected chi connectivity index (χ2v) is 7.53. The molecule has 0 spiro atoms. The summed E-state index contributed by atoms with van der Waals surface area (Å²) in [6, 6.07) is 9.84. The summed E-state index contributed by atoms with van der Waals surface area (Å²) in [5.41, 5.74) is 3.93. The number of benzene rings is 1. The topological polar surface area (TPSA) is 24.9 Å². The van der Waals surface area contributed by atoms with Gasteiger partial charge in [0.2, 0.25) is 0 Å². The van der Waals surface area contributed by atoms with E-state index >= 15 is 0 Å². The third-order valence-electron chi connectivity index (χ3n) is 4.29. The fourth-order valence-corrected chi connectivity index (χ4v) is 3.94. The van der Waals surface area contributed by atoms with E-state index in [1.165, 1.54) is 34.5 Å². The number of hydrogen-bond donors (Lipinski definition) is 1. The van der Waals surface area contributed by atoms with Crippen LogP contribution in [0.2, 0.25) is 0 Å². The summed E-state index contributed by atoms with van der Waals surface area (Å²) in [7, 11) is 0. The van der Waals surface area contributed by atoms with Gasteiger partial charge in [-0.25, -0.2) is 4.98 Å². The van der Waals surface area contributed by atoms with Gasteiger partial charge in [-0.3, -0.25) is 0 Å². The molecule has 1 heterocycles. The van der Waals surface area contributed by atoms with E-state index in [1.807, 2.05) is 11.3 Å². The summed E-state index contributed by atoms with van der Waals surface area (Å²) in [6.45, 7) is 8.63. The predicted octanol–water partition coefficient (Wildman–Crippen LogP) is 4.87. The van der Waals surface area contributed by atoms with Crippen LogP contribution in [0, 0.1) is 26.7 Å². The zero-order valence-electron chi connectivity index (χ0n) is 13.3. The van der Waals surface area contributed by atoms with Crippen molar-refractivity contribution in [2.45, 2.75) is 52.6 Å². The van der Waals surface area contributed by atoms with Crippen LogP contribution in [0.15, 0.2) is 24.3 Å². The lowest BCUT2D eigenvalue weighted by Gasteiger charge is -2.23. The molecule has 2 aromatic rings. The highest BCUT2D eigenvalue weighted by Crippen LogP contribution is 2.42. The Labute approximate surface area is 131 Å². The quantitative estimate of drug-likeness (QED) is 0.852. The van der Waals surface area contributed by atoms with Gasteiger partial charge >= 0.3 is 0 Å². The molecule has 1 aromatic heterocycles. The standard InChI is InChI=1S/C18H24N2S/c1-11-5-7-15(8-6-11)17(16-9-10-16)20-13(3)18-12(2)19-14(4)21-18/h5-8,13,16-17,20H,9-10H2,1-4H3. The van der Waals surface area contributed by atoms with Crippen molar-refractivity contribution < 1.29 is 0 Å². The van der Waals surface area contributed by atoms with Crippen molar-refractivity contribution in [3.05, 3.63) is 51.0 Å². The minimum absolute atomic E-state index is 0.364. The number of nitrogens with one attached hydrogen (secondary N) is 1. The molecule has 1 saturated carbocycles. The summed E-state index contributed by atoms with van der Waals surface area (Å²) in [6.07, 6.45) is 2.69. The molecule has 1 aromatic carbocycles. The van der Waals surface area contributed by atoms with E-state index in [-0.39, 0.29) is 0 Å². The highest BCUT2D eigenvalue weighted by atomic mass is 32.1. The molecule has 2 unspecified atom stereocenters. The van der Waals surface area contributed by atoms with Crippen LogP contribution in [0.25, 0.3) is 0 Å². The van der Waals surface area contributed by atoms with E-state index < -0.39 is 0 Å². The first kappa shape index (κ1) is 14.7. The largest absolute Gasteiger partial charge is 0.302 e. The number of hydrogen-bond acceptors (Lipinski definition) is 3. The third kappa shape index (κ3) is 3.35. The summed E-state index contributed by atoms with van der Waals surface area (Å²) >= 11 is 1.82. The maximum atomic E-state index is 4.56. The van der Waals surface area contributed by atoms with Crippen molar-refractivity contribution in [2.75, 3.05) is 0 Å². The second-order valence-electron chi connectivity index (χ2n) is 6.30. The van der Waals surface area contributed by atoms with Crippen LogP contribution in [-0.2, 0) is 0 Å². The van der Waals surface area contributed by atoms with Crippen molar-refractivity contribution in [1.82, 2.24) is 10.3 Å². The Morgan fingerprint density at radius 2 is 1.81 bits per heavy atom. The first-order valence-electron chi connectivity index (χ1n) is 7.81. The summed E-state index contributed by atoms with van der Waals surface area (Å²) < 4.78 is 0. The van der Waals surface area contributed by atoms with Crippen LogP contribution in [-0.4, -0.2) is 4.98 Å². The molecular formula is C18H24N2S. The number of aromatic nitrogens is 1. The Morgan fingerprint density at radius 1 is 1.14 bits per heavy atom. The minimum atomic E-state index is 0.364. The highest BCUT2D eigenvalue weighted by Gasteiger charge is 2.33. The maximum Gasteiger partial charge on any atom is 0.0900 e. The molecule has 1 aliphatic rings. The average Bonchev–Trinajstić information content (AvgIpc) is 3.22.